The van der Waals surface area contributed by atoms with Gasteiger partial charge in [-0.25, -0.2) is 17.5 Å². The van der Waals surface area contributed by atoms with Crippen LogP contribution in [0.5, 0.6) is 0 Å². The summed E-state index contributed by atoms with van der Waals surface area (Å²) in [5.41, 5.74) is 5.27. The molecule has 1 amide bonds. The standard InChI is InChI=1S/C12H16FN3O3S/c13-10-2-1-3-11(9(10)6-14)20(18,19)15-7-12(17)16-8-4-5-8/h1-3,8,15H,4-7,14H2,(H,16,17). The van der Waals surface area contributed by atoms with Crippen LogP contribution in [-0.4, -0.2) is 26.9 Å². The van der Waals surface area contributed by atoms with Crippen LogP contribution >= 0.6 is 0 Å². The Labute approximate surface area is 116 Å². The van der Waals surface area contributed by atoms with Gasteiger partial charge in [0.25, 0.3) is 0 Å². The zero-order chi connectivity index (χ0) is 14.8. The number of carbonyl (C=O) groups excluding carboxylic acids is 1. The van der Waals surface area contributed by atoms with Gasteiger partial charge in [0.15, 0.2) is 0 Å². The van der Waals surface area contributed by atoms with Crippen LogP contribution in [0.4, 0.5) is 4.39 Å². The van der Waals surface area contributed by atoms with Crippen molar-refractivity contribution in [2.75, 3.05) is 6.54 Å². The minimum absolute atomic E-state index is 0.0948. The maximum absolute atomic E-state index is 13.5. The molecule has 2 rings (SSSR count). The van der Waals surface area contributed by atoms with Gasteiger partial charge in [0.1, 0.15) is 5.82 Å². The maximum atomic E-state index is 13.5. The second kappa shape index (κ2) is 5.86. The average Bonchev–Trinajstić information content (AvgIpc) is 3.20. The molecule has 1 aromatic rings. The van der Waals surface area contributed by atoms with Crippen molar-refractivity contribution in [1.82, 2.24) is 10.0 Å². The van der Waals surface area contributed by atoms with Gasteiger partial charge in [-0.3, -0.25) is 4.79 Å². The number of sulfonamides is 1. The predicted molar refractivity (Wildman–Crippen MR) is 70.6 cm³/mol. The quantitative estimate of drug-likeness (QED) is 0.679. The molecule has 0 radical (unpaired) electrons. The maximum Gasteiger partial charge on any atom is 0.241 e. The van der Waals surface area contributed by atoms with Crippen LogP contribution in [0, 0.1) is 5.82 Å². The van der Waals surface area contributed by atoms with E-state index in [-0.39, 0.29) is 29.6 Å². The van der Waals surface area contributed by atoms with Gasteiger partial charge >= 0.3 is 0 Å². The number of carbonyl (C=O) groups is 1. The molecule has 0 saturated heterocycles. The summed E-state index contributed by atoms with van der Waals surface area (Å²) in [6, 6.07) is 3.83. The third kappa shape index (κ3) is 3.53. The van der Waals surface area contributed by atoms with Crippen molar-refractivity contribution in [2.24, 2.45) is 5.73 Å². The minimum Gasteiger partial charge on any atom is -0.352 e. The van der Waals surface area contributed by atoms with Gasteiger partial charge in [-0.15, -0.1) is 0 Å². The zero-order valence-corrected chi connectivity index (χ0v) is 11.5. The molecule has 1 saturated carbocycles. The van der Waals surface area contributed by atoms with E-state index in [4.69, 9.17) is 5.73 Å². The van der Waals surface area contributed by atoms with E-state index in [0.29, 0.717) is 0 Å². The van der Waals surface area contributed by atoms with Gasteiger partial charge in [0.05, 0.1) is 11.4 Å². The van der Waals surface area contributed by atoms with Crippen LogP contribution in [0.2, 0.25) is 0 Å². The first kappa shape index (κ1) is 14.9. The average molecular weight is 301 g/mol. The molecule has 20 heavy (non-hydrogen) atoms. The summed E-state index contributed by atoms with van der Waals surface area (Å²) >= 11 is 0. The highest BCUT2D eigenvalue weighted by Gasteiger charge is 2.25. The van der Waals surface area contributed by atoms with Crippen LogP contribution in [0.3, 0.4) is 0 Å². The Morgan fingerprint density at radius 1 is 1.40 bits per heavy atom. The molecule has 0 atom stereocenters. The molecule has 1 aliphatic rings. The summed E-state index contributed by atoms with van der Waals surface area (Å²) < 4.78 is 39.8. The molecule has 1 aromatic carbocycles. The number of hydrogen-bond donors (Lipinski definition) is 3. The van der Waals surface area contributed by atoms with E-state index in [2.05, 4.69) is 10.0 Å². The molecular formula is C12H16FN3O3S. The predicted octanol–water partition coefficient (Wildman–Crippen LogP) is -0.159. The number of amides is 1. The molecule has 0 spiro atoms. The van der Waals surface area contributed by atoms with E-state index in [1.54, 1.807) is 0 Å². The van der Waals surface area contributed by atoms with E-state index in [1.807, 2.05) is 0 Å². The summed E-state index contributed by atoms with van der Waals surface area (Å²) in [7, 11) is -3.97. The first-order valence-electron chi connectivity index (χ1n) is 6.20. The van der Waals surface area contributed by atoms with Gasteiger partial charge in [0, 0.05) is 18.2 Å². The van der Waals surface area contributed by atoms with Gasteiger partial charge in [0.2, 0.25) is 15.9 Å². The Balaban J connectivity index is 2.09. The Bertz CT molecular complexity index is 614. The number of nitrogens with one attached hydrogen (secondary N) is 2. The third-order valence-corrected chi connectivity index (χ3v) is 4.42. The molecule has 0 bridgehead atoms. The first-order chi connectivity index (χ1) is 9.44. The lowest BCUT2D eigenvalue weighted by Crippen LogP contribution is -2.38. The fourth-order valence-electron chi connectivity index (χ4n) is 1.73. The van der Waals surface area contributed by atoms with Gasteiger partial charge < -0.3 is 11.1 Å². The number of rotatable bonds is 6. The fourth-order valence-corrected chi connectivity index (χ4v) is 2.97. The van der Waals surface area contributed by atoms with Crippen molar-refractivity contribution < 1.29 is 17.6 Å². The summed E-state index contributed by atoms with van der Waals surface area (Å²) in [4.78, 5) is 11.2. The topological polar surface area (TPSA) is 101 Å². The monoisotopic (exact) mass is 301 g/mol. The molecule has 8 heteroatoms. The number of nitrogens with two attached hydrogens (primary N) is 1. The Hall–Kier alpha value is -1.51. The van der Waals surface area contributed by atoms with Gasteiger partial charge in [-0.2, -0.15) is 0 Å². The number of benzene rings is 1. The molecule has 0 aliphatic heterocycles. The van der Waals surface area contributed by atoms with E-state index >= 15 is 0 Å². The highest BCUT2D eigenvalue weighted by molar-refractivity contribution is 7.89. The molecule has 1 aliphatic carbocycles. The van der Waals surface area contributed by atoms with Crippen LogP contribution in [0.15, 0.2) is 23.1 Å². The lowest BCUT2D eigenvalue weighted by molar-refractivity contribution is -0.120. The van der Waals surface area contributed by atoms with Crippen molar-refractivity contribution in [3.63, 3.8) is 0 Å². The Morgan fingerprint density at radius 2 is 2.10 bits per heavy atom. The Kier molecular flexibility index (Phi) is 4.36. The molecule has 0 aromatic heterocycles. The SMILES string of the molecule is NCc1c(F)cccc1S(=O)(=O)NCC(=O)NC1CC1. The van der Waals surface area contributed by atoms with Crippen molar-refractivity contribution in [3.05, 3.63) is 29.6 Å². The molecule has 4 N–H and O–H groups in total. The third-order valence-electron chi connectivity index (χ3n) is 2.93. The largest absolute Gasteiger partial charge is 0.352 e. The smallest absolute Gasteiger partial charge is 0.241 e. The van der Waals surface area contributed by atoms with E-state index in [0.717, 1.165) is 18.9 Å². The van der Waals surface area contributed by atoms with Crippen molar-refractivity contribution in [1.29, 1.82) is 0 Å². The zero-order valence-electron chi connectivity index (χ0n) is 10.7. The summed E-state index contributed by atoms with van der Waals surface area (Å²) in [5.74, 6) is -1.08. The van der Waals surface area contributed by atoms with Crippen molar-refractivity contribution in [2.45, 2.75) is 30.3 Å². The summed E-state index contributed by atoms with van der Waals surface area (Å²) in [6.45, 7) is -0.615. The second-order valence-electron chi connectivity index (χ2n) is 4.59. The lowest BCUT2D eigenvalue weighted by Gasteiger charge is -2.11. The Morgan fingerprint density at radius 3 is 2.70 bits per heavy atom. The van der Waals surface area contributed by atoms with E-state index in [1.165, 1.54) is 12.1 Å². The lowest BCUT2D eigenvalue weighted by atomic mass is 10.2. The molecule has 0 unspecified atom stereocenters. The van der Waals surface area contributed by atoms with Crippen LogP contribution in [0.1, 0.15) is 18.4 Å². The van der Waals surface area contributed by atoms with E-state index in [9.17, 15) is 17.6 Å². The van der Waals surface area contributed by atoms with Crippen molar-refractivity contribution >= 4 is 15.9 Å². The molecule has 6 nitrogen and oxygen atoms in total. The van der Waals surface area contributed by atoms with Gasteiger partial charge in [-0.1, -0.05) is 6.07 Å². The number of hydrogen-bond acceptors (Lipinski definition) is 4. The fraction of sp³-hybridized carbons (Fsp3) is 0.417. The molecule has 110 valence electrons. The summed E-state index contributed by atoms with van der Waals surface area (Å²) in [6.07, 6.45) is 1.83. The molecular weight excluding hydrogens is 285 g/mol. The van der Waals surface area contributed by atoms with E-state index < -0.39 is 21.7 Å². The highest BCUT2D eigenvalue weighted by Crippen LogP contribution is 2.19. The second-order valence-corrected chi connectivity index (χ2v) is 6.32. The van der Waals surface area contributed by atoms with Crippen LogP contribution in [-0.2, 0) is 21.4 Å². The van der Waals surface area contributed by atoms with Crippen LogP contribution in [0.25, 0.3) is 0 Å². The molecule has 0 heterocycles. The first-order valence-corrected chi connectivity index (χ1v) is 7.69. The normalized spacial score (nSPS) is 15.1. The minimum atomic E-state index is -3.97. The van der Waals surface area contributed by atoms with Crippen molar-refractivity contribution in [3.8, 4) is 0 Å². The highest BCUT2D eigenvalue weighted by atomic mass is 32.2. The molecule has 1 fully saturated rings. The van der Waals surface area contributed by atoms with Crippen LogP contribution < -0.4 is 15.8 Å². The van der Waals surface area contributed by atoms with Gasteiger partial charge in [-0.05, 0) is 25.0 Å². The summed E-state index contributed by atoms with van der Waals surface area (Å²) in [5, 5.41) is 2.65. The number of halogens is 1.